The van der Waals surface area contributed by atoms with E-state index in [0.717, 1.165) is 36.3 Å². The van der Waals surface area contributed by atoms with Crippen molar-refractivity contribution < 1.29 is 8.42 Å². The summed E-state index contributed by atoms with van der Waals surface area (Å²) in [4.78, 5) is 2.27. The summed E-state index contributed by atoms with van der Waals surface area (Å²) in [6.07, 6.45) is 0.849. The molecule has 0 aromatic heterocycles. The highest BCUT2D eigenvalue weighted by molar-refractivity contribution is 7.88. The van der Waals surface area contributed by atoms with Crippen LogP contribution in [0.5, 0.6) is 0 Å². The first kappa shape index (κ1) is 17.0. The van der Waals surface area contributed by atoms with E-state index < -0.39 is 10.0 Å². The lowest BCUT2D eigenvalue weighted by Crippen LogP contribution is -2.36. The molecule has 1 heterocycles. The lowest BCUT2D eigenvalue weighted by molar-refractivity contribution is 0.432. The van der Waals surface area contributed by atoms with Gasteiger partial charge in [-0.05, 0) is 36.6 Å². The lowest BCUT2D eigenvalue weighted by Gasteiger charge is -2.23. The van der Waals surface area contributed by atoms with Crippen molar-refractivity contribution in [3.05, 3.63) is 65.7 Å². The van der Waals surface area contributed by atoms with Crippen LogP contribution in [-0.2, 0) is 15.8 Å². The number of benzene rings is 2. The van der Waals surface area contributed by atoms with Crippen LogP contribution in [0.3, 0.4) is 0 Å². The van der Waals surface area contributed by atoms with E-state index >= 15 is 0 Å². The van der Waals surface area contributed by atoms with Crippen LogP contribution in [0.25, 0.3) is 0 Å². The molecule has 0 atom stereocenters. The standard InChI is InChI=1S/C19H24N2O2S/c1-17-8-5-6-9-18(17)16-24(22,23)21-13-7-12-20(14-15-21)19-10-3-2-4-11-19/h2-6,8-11H,7,12-16H2,1H3. The summed E-state index contributed by atoms with van der Waals surface area (Å²) in [6, 6.07) is 17.9. The van der Waals surface area contributed by atoms with E-state index in [1.807, 2.05) is 49.4 Å². The van der Waals surface area contributed by atoms with Gasteiger partial charge in [-0.25, -0.2) is 8.42 Å². The molecular formula is C19H24N2O2S. The lowest BCUT2D eigenvalue weighted by atomic mass is 10.1. The Kier molecular flexibility index (Phi) is 5.21. The second kappa shape index (κ2) is 7.36. The molecule has 1 fully saturated rings. The average molecular weight is 344 g/mol. The molecule has 128 valence electrons. The van der Waals surface area contributed by atoms with Crippen molar-refractivity contribution in [2.75, 3.05) is 31.1 Å². The minimum Gasteiger partial charge on any atom is -0.370 e. The largest absolute Gasteiger partial charge is 0.370 e. The van der Waals surface area contributed by atoms with Gasteiger partial charge in [0.15, 0.2) is 0 Å². The van der Waals surface area contributed by atoms with Crippen LogP contribution in [0.2, 0.25) is 0 Å². The topological polar surface area (TPSA) is 40.6 Å². The number of hydrogen-bond donors (Lipinski definition) is 0. The third-order valence-electron chi connectivity index (χ3n) is 4.57. The smallest absolute Gasteiger partial charge is 0.218 e. The van der Waals surface area contributed by atoms with Crippen molar-refractivity contribution in [3.63, 3.8) is 0 Å². The third kappa shape index (κ3) is 3.97. The van der Waals surface area contributed by atoms with Crippen LogP contribution in [0.15, 0.2) is 54.6 Å². The maximum Gasteiger partial charge on any atom is 0.218 e. The summed E-state index contributed by atoms with van der Waals surface area (Å²) in [7, 11) is -3.28. The highest BCUT2D eigenvalue weighted by atomic mass is 32.2. The molecule has 0 N–H and O–H groups in total. The Balaban J connectivity index is 1.70. The Labute approximate surface area is 144 Å². The molecule has 24 heavy (non-hydrogen) atoms. The summed E-state index contributed by atoms with van der Waals surface area (Å²) in [5.41, 5.74) is 3.08. The maximum absolute atomic E-state index is 12.8. The van der Waals surface area contributed by atoms with Gasteiger partial charge in [-0.3, -0.25) is 0 Å². The zero-order valence-corrected chi connectivity index (χ0v) is 14.9. The number of hydrogen-bond acceptors (Lipinski definition) is 3. The fraction of sp³-hybridized carbons (Fsp3) is 0.368. The SMILES string of the molecule is Cc1ccccc1CS(=O)(=O)N1CCCN(c2ccccc2)CC1. The van der Waals surface area contributed by atoms with Gasteiger partial charge in [-0.2, -0.15) is 4.31 Å². The quantitative estimate of drug-likeness (QED) is 0.856. The monoisotopic (exact) mass is 344 g/mol. The normalized spacial score (nSPS) is 16.8. The van der Waals surface area contributed by atoms with Crippen LogP contribution in [0.4, 0.5) is 5.69 Å². The van der Waals surface area contributed by atoms with E-state index in [0.29, 0.717) is 13.1 Å². The van der Waals surface area contributed by atoms with E-state index in [9.17, 15) is 8.42 Å². The number of rotatable bonds is 4. The van der Waals surface area contributed by atoms with Gasteiger partial charge in [0.1, 0.15) is 0 Å². The Bertz CT molecular complexity index is 775. The molecular weight excluding hydrogens is 320 g/mol. The summed E-state index contributed by atoms with van der Waals surface area (Å²) in [5.74, 6) is 0.0883. The molecule has 1 saturated heterocycles. The average Bonchev–Trinajstić information content (AvgIpc) is 2.84. The predicted octanol–water partition coefficient (Wildman–Crippen LogP) is 3.04. The van der Waals surface area contributed by atoms with Gasteiger partial charge in [0.2, 0.25) is 10.0 Å². The van der Waals surface area contributed by atoms with Crippen molar-refractivity contribution in [2.24, 2.45) is 0 Å². The van der Waals surface area contributed by atoms with E-state index in [-0.39, 0.29) is 5.75 Å². The van der Waals surface area contributed by atoms with Crippen molar-refractivity contribution >= 4 is 15.7 Å². The third-order valence-corrected chi connectivity index (χ3v) is 6.40. The van der Waals surface area contributed by atoms with Crippen LogP contribution < -0.4 is 4.90 Å². The second-order valence-corrected chi connectivity index (χ2v) is 8.23. The molecule has 2 aromatic carbocycles. The van der Waals surface area contributed by atoms with Crippen LogP contribution in [-0.4, -0.2) is 38.9 Å². The molecule has 0 unspecified atom stereocenters. The van der Waals surface area contributed by atoms with Gasteiger partial charge in [0, 0.05) is 31.9 Å². The highest BCUT2D eigenvalue weighted by Crippen LogP contribution is 2.19. The number of anilines is 1. The Morgan fingerprint density at radius 3 is 2.33 bits per heavy atom. The maximum atomic E-state index is 12.8. The Hall–Kier alpha value is -1.85. The first-order valence-corrected chi connectivity index (χ1v) is 9.99. The summed E-state index contributed by atoms with van der Waals surface area (Å²) in [5, 5.41) is 0. The van der Waals surface area contributed by atoms with Crippen molar-refractivity contribution in [1.29, 1.82) is 0 Å². The van der Waals surface area contributed by atoms with Crippen molar-refractivity contribution in [3.8, 4) is 0 Å². The van der Waals surface area contributed by atoms with Gasteiger partial charge < -0.3 is 4.90 Å². The molecule has 0 spiro atoms. The fourth-order valence-corrected chi connectivity index (χ4v) is 4.80. The van der Waals surface area contributed by atoms with E-state index in [2.05, 4.69) is 17.0 Å². The van der Waals surface area contributed by atoms with Crippen molar-refractivity contribution in [2.45, 2.75) is 19.1 Å². The molecule has 2 aromatic rings. The number of sulfonamides is 1. The second-order valence-electron chi connectivity index (χ2n) is 6.26. The zero-order valence-electron chi connectivity index (χ0n) is 14.1. The number of nitrogens with zero attached hydrogens (tertiary/aromatic N) is 2. The molecule has 0 amide bonds. The molecule has 1 aliphatic heterocycles. The fourth-order valence-electron chi connectivity index (χ4n) is 3.13. The summed E-state index contributed by atoms with van der Waals surface area (Å²) >= 11 is 0. The number of aryl methyl sites for hydroxylation is 1. The van der Waals surface area contributed by atoms with Gasteiger partial charge >= 0.3 is 0 Å². The molecule has 0 radical (unpaired) electrons. The first-order valence-electron chi connectivity index (χ1n) is 8.38. The first-order chi connectivity index (χ1) is 11.6. The van der Waals surface area contributed by atoms with Crippen LogP contribution in [0.1, 0.15) is 17.5 Å². The van der Waals surface area contributed by atoms with Gasteiger partial charge in [-0.15, -0.1) is 0 Å². The number of para-hydroxylation sites is 1. The van der Waals surface area contributed by atoms with Gasteiger partial charge in [0.05, 0.1) is 5.75 Å². The minimum absolute atomic E-state index is 0.0883. The molecule has 1 aliphatic rings. The molecule has 3 rings (SSSR count). The van der Waals surface area contributed by atoms with Crippen LogP contribution >= 0.6 is 0 Å². The van der Waals surface area contributed by atoms with Gasteiger partial charge in [-0.1, -0.05) is 42.5 Å². The molecule has 0 aliphatic carbocycles. The minimum atomic E-state index is -3.28. The molecule has 0 saturated carbocycles. The van der Waals surface area contributed by atoms with Crippen molar-refractivity contribution in [1.82, 2.24) is 4.31 Å². The molecule has 4 nitrogen and oxygen atoms in total. The van der Waals surface area contributed by atoms with E-state index in [4.69, 9.17) is 0 Å². The summed E-state index contributed by atoms with van der Waals surface area (Å²) in [6.45, 7) is 4.72. The van der Waals surface area contributed by atoms with E-state index in [1.54, 1.807) is 4.31 Å². The predicted molar refractivity (Wildman–Crippen MR) is 98.6 cm³/mol. The van der Waals surface area contributed by atoms with Gasteiger partial charge in [0.25, 0.3) is 0 Å². The molecule has 5 heteroatoms. The Morgan fingerprint density at radius 2 is 1.58 bits per heavy atom. The summed E-state index contributed by atoms with van der Waals surface area (Å²) < 4.78 is 27.3. The zero-order chi connectivity index (χ0) is 17.0. The highest BCUT2D eigenvalue weighted by Gasteiger charge is 2.25. The Morgan fingerprint density at radius 1 is 0.875 bits per heavy atom. The molecule has 0 bridgehead atoms. The van der Waals surface area contributed by atoms with E-state index in [1.165, 1.54) is 0 Å². The van der Waals surface area contributed by atoms with Crippen LogP contribution in [0, 0.1) is 6.92 Å².